The van der Waals surface area contributed by atoms with Gasteiger partial charge in [0.25, 0.3) is 0 Å². The van der Waals surface area contributed by atoms with Crippen molar-refractivity contribution in [2.45, 2.75) is 32.1 Å². The van der Waals surface area contributed by atoms with Crippen molar-refractivity contribution in [3.8, 4) is 5.69 Å². The average Bonchev–Trinajstić information content (AvgIpc) is 2.90. The SMILES string of the molecule is CCC1CC(c2cccc(-n3nnc4ccccc43)c2)C1. The molecule has 0 unspecified atom stereocenters. The third-order valence-electron chi connectivity index (χ3n) is 4.75. The first kappa shape index (κ1) is 12.6. The van der Waals surface area contributed by atoms with Gasteiger partial charge in [0.05, 0.1) is 11.2 Å². The summed E-state index contributed by atoms with van der Waals surface area (Å²) in [6.45, 7) is 2.29. The van der Waals surface area contributed by atoms with Gasteiger partial charge in [0.1, 0.15) is 5.52 Å². The highest BCUT2D eigenvalue weighted by Gasteiger charge is 2.28. The maximum atomic E-state index is 4.31. The molecule has 3 nitrogen and oxygen atoms in total. The van der Waals surface area contributed by atoms with E-state index >= 15 is 0 Å². The second-order valence-corrected chi connectivity index (χ2v) is 6.03. The zero-order valence-electron chi connectivity index (χ0n) is 12.2. The lowest BCUT2D eigenvalue weighted by Crippen LogP contribution is -2.21. The van der Waals surface area contributed by atoms with Crippen LogP contribution in [0.5, 0.6) is 0 Å². The third-order valence-corrected chi connectivity index (χ3v) is 4.75. The molecule has 0 aliphatic heterocycles. The minimum atomic E-state index is 0.727. The normalized spacial score (nSPS) is 21.4. The Morgan fingerprint density at radius 1 is 1.10 bits per heavy atom. The van der Waals surface area contributed by atoms with E-state index in [-0.39, 0.29) is 0 Å². The van der Waals surface area contributed by atoms with Gasteiger partial charge in [0.2, 0.25) is 0 Å². The van der Waals surface area contributed by atoms with E-state index in [1.165, 1.54) is 24.8 Å². The lowest BCUT2D eigenvalue weighted by Gasteiger charge is -2.35. The van der Waals surface area contributed by atoms with Crippen LogP contribution in [0.1, 0.15) is 37.7 Å². The van der Waals surface area contributed by atoms with Crippen LogP contribution in [0, 0.1) is 5.92 Å². The molecular weight excluding hydrogens is 258 g/mol. The van der Waals surface area contributed by atoms with Crippen LogP contribution in [-0.2, 0) is 0 Å². The number of hydrogen-bond acceptors (Lipinski definition) is 2. The smallest absolute Gasteiger partial charge is 0.113 e. The maximum absolute atomic E-state index is 4.31. The molecule has 1 aliphatic carbocycles. The van der Waals surface area contributed by atoms with Crippen molar-refractivity contribution >= 4 is 11.0 Å². The fourth-order valence-electron chi connectivity index (χ4n) is 3.31. The molecule has 0 bridgehead atoms. The predicted molar refractivity (Wildman–Crippen MR) is 84.6 cm³/mol. The van der Waals surface area contributed by atoms with Gasteiger partial charge >= 0.3 is 0 Å². The van der Waals surface area contributed by atoms with Crippen LogP contribution in [0.3, 0.4) is 0 Å². The summed E-state index contributed by atoms with van der Waals surface area (Å²) in [4.78, 5) is 0. The molecule has 21 heavy (non-hydrogen) atoms. The largest absolute Gasteiger partial charge is 0.213 e. The molecule has 3 aromatic rings. The first-order valence-corrected chi connectivity index (χ1v) is 7.76. The van der Waals surface area contributed by atoms with Crippen molar-refractivity contribution in [2.24, 2.45) is 5.92 Å². The minimum absolute atomic E-state index is 0.727. The van der Waals surface area contributed by atoms with Crippen molar-refractivity contribution < 1.29 is 0 Å². The Hall–Kier alpha value is -2.16. The lowest BCUT2D eigenvalue weighted by atomic mass is 9.70. The molecule has 0 radical (unpaired) electrons. The Morgan fingerprint density at radius 3 is 2.81 bits per heavy atom. The van der Waals surface area contributed by atoms with E-state index in [0.717, 1.165) is 28.6 Å². The van der Waals surface area contributed by atoms with E-state index in [2.05, 4.69) is 47.6 Å². The number of nitrogens with zero attached hydrogens (tertiary/aromatic N) is 3. The molecule has 1 aliphatic rings. The van der Waals surface area contributed by atoms with Crippen molar-refractivity contribution in [2.75, 3.05) is 0 Å². The Morgan fingerprint density at radius 2 is 1.95 bits per heavy atom. The maximum Gasteiger partial charge on any atom is 0.113 e. The molecule has 1 aromatic heterocycles. The molecule has 3 heteroatoms. The van der Waals surface area contributed by atoms with E-state index in [4.69, 9.17) is 0 Å². The Bertz CT molecular complexity index is 769. The van der Waals surface area contributed by atoms with Crippen LogP contribution >= 0.6 is 0 Å². The van der Waals surface area contributed by atoms with Gasteiger partial charge in [-0.2, -0.15) is 0 Å². The van der Waals surface area contributed by atoms with Gasteiger partial charge in [-0.05, 0) is 54.5 Å². The summed E-state index contributed by atoms with van der Waals surface area (Å²) in [7, 11) is 0. The van der Waals surface area contributed by atoms with E-state index in [9.17, 15) is 0 Å². The van der Waals surface area contributed by atoms with Crippen molar-refractivity contribution in [1.29, 1.82) is 0 Å². The van der Waals surface area contributed by atoms with E-state index in [1.807, 2.05) is 22.9 Å². The van der Waals surface area contributed by atoms with Gasteiger partial charge in [0, 0.05) is 0 Å². The molecule has 1 heterocycles. The first-order valence-electron chi connectivity index (χ1n) is 7.76. The van der Waals surface area contributed by atoms with Crippen LogP contribution in [0.15, 0.2) is 48.5 Å². The monoisotopic (exact) mass is 277 g/mol. The number of rotatable bonds is 3. The summed E-state index contributed by atoms with van der Waals surface area (Å²) in [6, 6.07) is 16.9. The van der Waals surface area contributed by atoms with Gasteiger partial charge in [0.15, 0.2) is 0 Å². The van der Waals surface area contributed by atoms with Crippen LogP contribution in [0.4, 0.5) is 0 Å². The van der Waals surface area contributed by atoms with Crippen molar-refractivity contribution in [1.82, 2.24) is 15.0 Å². The van der Waals surface area contributed by atoms with Gasteiger partial charge in [-0.15, -0.1) is 5.10 Å². The van der Waals surface area contributed by atoms with Gasteiger partial charge in [-0.25, -0.2) is 4.68 Å². The summed E-state index contributed by atoms with van der Waals surface area (Å²) >= 11 is 0. The molecular formula is C18H19N3. The van der Waals surface area contributed by atoms with Gasteiger partial charge in [-0.1, -0.05) is 42.8 Å². The highest BCUT2D eigenvalue weighted by atomic mass is 15.4. The molecule has 0 atom stereocenters. The van der Waals surface area contributed by atoms with Crippen LogP contribution in [-0.4, -0.2) is 15.0 Å². The summed E-state index contributed by atoms with van der Waals surface area (Å²) in [5.74, 6) is 1.65. The van der Waals surface area contributed by atoms with Crippen molar-refractivity contribution in [3.63, 3.8) is 0 Å². The highest BCUT2D eigenvalue weighted by molar-refractivity contribution is 5.75. The fraction of sp³-hybridized carbons (Fsp3) is 0.333. The molecule has 2 aromatic carbocycles. The lowest BCUT2D eigenvalue weighted by molar-refractivity contribution is 0.256. The third kappa shape index (κ3) is 2.13. The average molecular weight is 277 g/mol. The van der Waals surface area contributed by atoms with Crippen LogP contribution < -0.4 is 0 Å². The minimum Gasteiger partial charge on any atom is -0.213 e. The zero-order chi connectivity index (χ0) is 14.2. The molecule has 0 spiro atoms. The molecule has 0 N–H and O–H groups in total. The van der Waals surface area contributed by atoms with E-state index < -0.39 is 0 Å². The molecule has 1 saturated carbocycles. The van der Waals surface area contributed by atoms with E-state index in [1.54, 1.807) is 0 Å². The Kier molecular flexibility index (Phi) is 2.99. The quantitative estimate of drug-likeness (QED) is 0.713. The summed E-state index contributed by atoms with van der Waals surface area (Å²) < 4.78 is 1.94. The zero-order valence-corrected chi connectivity index (χ0v) is 12.2. The number of fused-ring (bicyclic) bond motifs is 1. The molecule has 4 rings (SSSR count). The predicted octanol–water partition coefficient (Wildman–Crippen LogP) is 4.32. The van der Waals surface area contributed by atoms with Gasteiger partial charge in [-0.3, -0.25) is 0 Å². The number of benzene rings is 2. The summed E-state index contributed by atoms with van der Waals surface area (Å²) in [5.41, 5.74) is 4.56. The Balaban J connectivity index is 1.70. The second-order valence-electron chi connectivity index (χ2n) is 6.03. The standard InChI is InChI=1S/C18H19N3/c1-2-13-10-15(11-13)14-6-5-7-16(12-14)21-18-9-4-3-8-17(18)19-20-21/h3-9,12-13,15H,2,10-11H2,1H3. The topological polar surface area (TPSA) is 30.7 Å². The first-order chi connectivity index (χ1) is 10.3. The number of hydrogen-bond donors (Lipinski definition) is 0. The highest BCUT2D eigenvalue weighted by Crippen LogP contribution is 2.43. The number of aromatic nitrogens is 3. The summed E-state index contributed by atoms with van der Waals surface area (Å²) in [6.07, 6.45) is 3.97. The van der Waals surface area contributed by atoms with Crippen LogP contribution in [0.2, 0.25) is 0 Å². The fourth-order valence-corrected chi connectivity index (χ4v) is 3.31. The molecule has 0 saturated heterocycles. The van der Waals surface area contributed by atoms with Gasteiger partial charge < -0.3 is 0 Å². The second kappa shape index (κ2) is 4.99. The number of para-hydroxylation sites is 1. The van der Waals surface area contributed by atoms with Crippen molar-refractivity contribution in [3.05, 3.63) is 54.1 Å². The Labute approximate surface area is 124 Å². The molecule has 1 fully saturated rings. The molecule has 0 amide bonds. The van der Waals surface area contributed by atoms with Crippen LogP contribution in [0.25, 0.3) is 16.7 Å². The van der Waals surface area contributed by atoms with E-state index in [0.29, 0.717) is 0 Å². The molecule has 106 valence electrons. The summed E-state index contributed by atoms with van der Waals surface area (Å²) in [5, 5.41) is 8.55.